The Balaban J connectivity index is 1.64. The second-order valence-corrected chi connectivity index (χ2v) is 9.88. The Morgan fingerprint density at radius 3 is 2.30 bits per heavy atom. The number of benzene rings is 2. The van der Waals surface area contributed by atoms with Crippen molar-refractivity contribution >= 4 is 43.8 Å². The summed E-state index contributed by atoms with van der Waals surface area (Å²) in [5.41, 5.74) is 3.29. The summed E-state index contributed by atoms with van der Waals surface area (Å²) in [6, 6.07) is 18.3. The Bertz CT molecular complexity index is 847. The third-order valence-electron chi connectivity index (χ3n) is 4.31. The van der Waals surface area contributed by atoms with E-state index in [-0.39, 0.29) is 22.8 Å². The molecule has 2 atom stereocenters. The first-order valence-corrected chi connectivity index (χ1v) is 10.5. The molecule has 2 aromatic carbocycles. The van der Waals surface area contributed by atoms with E-state index in [9.17, 15) is 8.42 Å². The number of anilines is 1. The van der Waals surface area contributed by atoms with Crippen LogP contribution in [0.2, 0.25) is 0 Å². The number of hydrogen-bond acceptors (Lipinski definition) is 4. The van der Waals surface area contributed by atoms with Gasteiger partial charge in [0.15, 0.2) is 9.84 Å². The average Bonchev–Trinajstić information content (AvgIpc) is 2.98. The minimum atomic E-state index is -2.94. The zero-order valence-electron chi connectivity index (χ0n) is 12.3. The van der Waals surface area contributed by atoms with Gasteiger partial charge in [-0.3, -0.25) is 0 Å². The van der Waals surface area contributed by atoms with E-state index in [1.807, 2.05) is 35.2 Å². The first-order valence-electron chi connectivity index (χ1n) is 7.39. The molecule has 0 bridgehead atoms. The molecule has 4 rings (SSSR count). The molecule has 2 heterocycles. The molecule has 0 N–H and O–H groups in total. The van der Waals surface area contributed by atoms with Crippen molar-refractivity contribution in [2.75, 3.05) is 16.4 Å². The fraction of sp³-hybridized carbons (Fsp3) is 0.235. The van der Waals surface area contributed by atoms with Gasteiger partial charge in [-0.1, -0.05) is 66.4 Å². The average molecular weight is 362 g/mol. The smallest absolute Gasteiger partial charge is 0.153 e. The van der Waals surface area contributed by atoms with Crippen LogP contribution in [0.3, 0.4) is 0 Å². The van der Waals surface area contributed by atoms with Crippen LogP contribution in [0.5, 0.6) is 0 Å². The molecule has 3 nitrogen and oxygen atoms in total. The van der Waals surface area contributed by atoms with Gasteiger partial charge in [0.1, 0.15) is 4.32 Å². The standard InChI is InChI=1S/C17H15NO2S3/c19-23(20)10-15-16(11-23)22-17(21)18(15)14-8-6-13(7-9-14)12-4-2-1-3-5-12/h1-9,15-16H,10-11H2/t15-,16-/m0/s1. The number of hydrogen-bond donors (Lipinski definition) is 0. The Morgan fingerprint density at radius 1 is 0.957 bits per heavy atom. The van der Waals surface area contributed by atoms with Crippen molar-refractivity contribution in [1.82, 2.24) is 0 Å². The van der Waals surface area contributed by atoms with Gasteiger partial charge >= 0.3 is 0 Å². The zero-order valence-corrected chi connectivity index (χ0v) is 14.7. The fourth-order valence-corrected chi connectivity index (χ4v) is 7.59. The first-order chi connectivity index (χ1) is 11.0. The largest absolute Gasteiger partial charge is 0.322 e. The summed E-state index contributed by atoms with van der Waals surface area (Å²) in [6.07, 6.45) is 0. The maximum atomic E-state index is 11.9. The summed E-state index contributed by atoms with van der Waals surface area (Å²) < 4.78 is 24.5. The van der Waals surface area contributed by atoms with Crippen LogP contribution in [-0.4, -0.2) is 35.5 Å². The Labute approximate surface area is 145 Å². The van der Waals surface area contributed by atoms with E-state index in [2.05, 4.69) is 24.3 Å². The van der Waals surface area contributed by atoms with Gasteiger partial charge in [0, 0.05) is 10.9 Å². The number of rotatable bonds is 2. The number of fused-ring (bicyclic) bond motifs is 1. The lowest BCUT2D eigenvalue weighted by Gasteiger charge is -2.24. The molecule has 0 saturated carbocycles. The summed E-state index contributed by atoms with van der Waals surface area (Å²) in [7, 11) is -2.94. The molecular formula is C17H15NO2S3. The van der Waals surface area contributed by atoms with Crippen molar-refractivity contribution < 1.29 is 8.42 Å². The predicted molar refractivity (Wildman–Crippen MR) is 101 cm³/mol. The zero-order chi connectivity index (χ0) is 16.0. The molecule has 2 fully saturated rings. The summed E-state index contributed by atoms with van der Waals surface area (Å²) in [5, 5.41) is 0.0706. The Hall–Kier alpha value is -1.37. The normalized spacial score (nSPS) is 25.6. The Kier molecular flexibility index (Phi) is 3.70. The molecule has 0 amide bonds. The molecule has 2 aromatic rings. The topological polar surface area (TPSA) is 37.4 Å². The third kappa shape index (κ3) is 2.79. The molecule has 0 spiro atoms. The highest BCUT2D eigenvalue weighted by atomic mass is 32.2. The molecule has 118 valence electrons. The molecule has 0 aromatic heterocycles. The molecule has 0 aliphatic carbocycles. The van der Waals surface area contributed by atoms with E-state index >= 15 is 0 Å². The molecule has 23 heavy (non-hydrogen) atoms. The van der Waals surface area contributed by atoms with Crippen LogP contribution in [-0.2, 0) is 9.84 Å². The minimum absolute atomic E-state index is 0.0277. The predicted octanol–water partition coefficient (Wildman–Crippen LogP) is 3.36. The third-order valence-corrected chi connectivity index (χ3v) is 7.90. The summed E-state index contributed by atoms with van der Waals surface area (Å²) in [4.78, 5) is 2.02. The molecule has 0 unspecified atom stereocenters. The maximum absolute atomic E-state index is 11.9. The molecule has 0 radical (unpaired) electrons. The molecule has 6 heteroatoms. The van der Waals surface area contributed by atoms with Crippen molar-refractivity contribution in [2.24, 2.45) is 0 Å². The van der Waals surface area contributed by atoms with Gasteiger partial charge < -0.3 is 4.90 Å². The van der Waals surface area contributed by atoms with Crippen molar-refractivity contribution in [2.45, 2.75) is 11.3 Å². The van der Waals surface area contributed by atoms with Gasteiger partial charge in [0.25, 0.3) is 0 Å². The number of thioether (sulfide) groups is 1. The van der Waals surface area contributed by atoms with E-state index in [1.165, 1.54) is 17.3 Å². The molecular weight excluding hydrogens is 346 g/mol. The highest BCUT2D eigenvalue weighted by Gasteiger charge is 2.48. The lowest BCUT2D eigenvalue weighted by Crippen LogP contribution is -2.36. The Morgan fingerprint density at radius 2 is 1.61 bits per heavy atom. The monoisotopic (exact) mass is 361 g/mol. The highest BCUT2D eigenvalue weighted by Crippen LogP contribution is 2.41. The van der Waals surface area contributed by atoms with E-state index in [4.69, 9.17) is 12.2 Å². The summed E-state index contributed by atoms with van der Waals surface area (Å²) in [5.74, 6) is 0.437. The molecule has 2 aliphatic heterocycles. The van der Waals surface area contributed by atoms with Crippen LogP contribution < -0.4 is 4.90 Å². The maximum Gasteiger partial charge on any atom is 0.153 e. The molecule has 2 saturated heterocycles. The van der Waals surface area contributed by atoms with Gasteiger partial charge in [-0.15, -0.1) is 0 Å². The lowest BCUT2D eigenvalue weighted by atomic mass is 10.1. The van der Waals surface area contributed by atoms with Gasteiger partial charge in [-0.05, 0) is 23.3 Å². The SMILES string of the molecule is O=S1(=O)C[C@@H]2SC(=S)N(c3ccc(-c4ccccc4)cc3)[C@H]2C1. The van der Waals surface area contributed by atoms with Gasteiger partial charge in [-0.2, -0.15) is 0 Å². The van der Waals surface area contributed by atoms with Crippen LogP contribution in [0.4, 0.5) is 5.69 Å². The van der Waals surface area contributed by atoms with Crippen LogP contribution in [0.15, 0.2) is 54.6 Å². The number of thiocarbonyl (C=S) groups is 1. The van der Waals surface area contributed by atoms with Gasteiger partial charge in [0.05, 0.1) is 17.5 Å². The summed E-state index contributed by atoms with van der Waals surface area (Å²) in [6.45, 7) is 0. The summed E-state index contributed by atoms with van der Waals surface area (Å²) >= 11 is 6.99. The van der Waals surface area contributed by atoms with Crippen LogP contribution >= 0.6 is 24.0 Å². The highest BCUT2D eigenvalue weighted by molar-refractivity contribution is 8.24. The van der Waals surface area contributed by atoms with E-state index in [0.717, 1.165) is 15.6 Å². The minimum Gasteiger partial charge on any atom is -0.322 e. The van der Waals surface area contributed by atoms with Gasteiger partial charge in [-0.25, -0.2) is 8.42 Å². The quantitative estimate of drug-likeness (QED) is 0.767. The van der Waals surface area contributed by atoms with Crippen LogP contribution in [0.25, 0.3) is 11.1 Å². The van der Waals surface area contributed by atoms with Crippen LogP contribution in [0, 0.1) is 0 Å². The number of nitrogens with zero attached hydrogens (tertiary/aromatic N) is 1. The van der Waals surface area contributed by atoms with Crippen molar-refractivity contribution in [1.29, 1.82) is 0 Å². The second-order valence-electron chi connectivity index (χ2n) is 5.85. The van der Waals surface area contributed by atoms with Gasteiger partial charge in [0.2, 0.25) is 0 Å². The van der Waals surface area contributed by atoms with E-state index < -0.39 is 9.84 Å². The molecule has 2 aliphatic rings. The number of sulfone groups is 1. The first kappa shape index (κ1) is 15.2. The fourth-order valence-electron chi connectivity index (χ4n) is 3.21. The van der Waals surface area contributed by atoms with Crippen molar-refractivity contribution in [3.05, 3.63) is 54.6 Å². The van der Waals surface area contributed by atoms with Crippen LogP contribution in [0.1, 0.15) is 0 Å². The van der Waals surface area contributed by atoms with Crippen molar-refractivity contribution in [3.8, 4) is 11.1 Å². The lowest BCUT2D eigenvalue weighted by molar-refractivity contribution is 0.601. The van der Waals surface area contributed by atoms with E-state index in [1.54, 1.807) is 0 Å². The van der Waals surface area contributed by atoms with Crippen molar-refractivity contribution in [3.63, 3.8) is 0 Å². The second kappa shape index (κ2) is 5.61. The van der Waals surface area contributed by atoms with E-state index in [0.29, 0.717) is 0 Å².